The summed E-state index contributed by atoms with van der Waals surface area (Å²) in [5.74, 6) is -1.48. The first-order chi connectivity index (χ1) is 16.3. The molecule has 0 saturated carbocycles. The lowest BCUT2D eigenvalue weighted by Gasteiger charge is -2.27. The van der Waals surface area contributed by atoms with E-state index in [1.807, 2.05) is 6.08 Å². The molecular weight excluding hydrogens is 436 g/mol. The van der Waals surface area contributed by atoms with Crippen LogP contribution in [0.2, 0.25) is 0 Å². The van der Waals surface area contributed by atoms with Crippen molar-refractivity contribution in [3.8, 4) is 17.2 Å². The SMILES string of the molecule is CC1CCCC(=O)CCC/C=C/c2cc3c(c(O)c2C(=O)O1)C(c1ccc(O)cc1)CC(=O)O3. The van der Waals surface area contributed by atoms with Gasteiger partial charge >= 0.3 is 11.9 Å². The third-order valence-electron chi connectivity index (χ3n) is 6.27. The highest BCUT2D eigenvalue weighted by atomic mass is 16.5. The maximum absolute atomic E-state index is 13.2. The van der Waals surface area contributed by atoms with Gasteiger partial charge in [0.25, 0.3) is 0 Å². The molecule has 2 heterocycles. The monoisotopic (exact) mass is 464 g/mol. The van der Waals surface area contributed by atoms with Crippen LogP contribution in [0, 0.1) is 0 Å². The Bertz CT molecular complexity index is 1130. The van der Waals surface area contributed by atoms with Crippen LogP contribution in [0.4, 0.5) is 0 Å². The Morgan fingerprint density at radius 2 is 1.74 bits per heavy atom. The number of allylic oxidation sites excluding steroid dienone is 1. The number of ketones is 1. The fraction of sp³-hybridized carbons (Fsp3) is 0.370. The fourth-order valence-corrected chi connectivity index (χ4v) is 4.51. The summed E-state index contributed by atoms with van der Waals surface area (Å²) >= 11 is 0. The summed E-state index contributed by atoms with van der Waals surface area (Å²) in [5, 5.41) is 21.0. The second-order valence-electron chi connectivity index (χ2n) is 8.86. The molecule has 2 N–H and O–H groups in total. The average Bonchev–Trinajstić information content (AvgIpc) is 2.78. The molecule has 7 nitrogen and oxygen atoms in total. The number of phenols is 2. The molecule has 0 bridgehead atoms. The Hall–Kier alpha value is -3.61. The molecule has 0 aliphatic carbocycles. The molecule has 2 aromatic carbocycles. The zero-order valence-corrected chi connectivity index (χ0v) is 19.1. The van der Waals surface area contributed by atoms with Crippen LogP contribution in [0.15, 0.2) is 36.4 Å². The summed E-state index contributed by atoms with van der Waals surface area (Å²) in [6.07, 6.45) is 6.53. The van der Waals surface area contributed by atoms with Crippen molar-refractivity contribution >= 4 is 23.8 Å². The first-order valence-corrected chi connectivity index (χ1v) is 11.6. The van der Waals surface area contributed by atoms with Crippen molar-refractivity contribution in [1.29, 1.82) is 0 Å². The molecule has 2 aromatic rings. The normalized spacial score (nSPS) is 22.6. The number of rotatable bonds is 1. The van der Waals surface area contributed by atoms with Gasteiger partial charge in [0.2, 0.25) is 0 Å². The second kappa shape index (κ2) is 10.1. The number of hydrogen-bond donors (Lipinski definition) is 2. The van der Waals surface area contributed by atoms with Crippen molar-refractivity contribution < 1.29 is 34.1 Å². The number of Topliss-reactive ketones (excluding diaryl/α,β-unsaturated/α-hetero) is 1. The number of ether oxygens (including phenoxy) is 2. The van der Waals surface area contributed by atoms with Crippen LogP contribution in [0.1, 0.15) is 84.8 Å². The van der Waals surface area contributed by atoms with E-state index in [0.717, 1.165) is 0 Å². The quantitative estimate of drug-likeness (QED) is 0.450. The van der Waals surface area contributed by atoms with Gasteiger partial charge in [0.1, 0.15) is 28.6 Å². The molecule has 34 heavy (non-hydrogen) atoms. The Kier molecular flexibility index (Phi) is 7.01. The molecule has 2 aliphatic heterocycles. The van der Waals surface area contributed by atoms with Crippen molar-refractivity contribution in [2.45, 2.75) is 63.9 Å². The highest BCUT2D eigenvalue weighted by Crippen LogP contribution is 2.47. The summed E-state index contributed by atoms with van der Waals surface area (Å²) < 4.78 is 11.1. The van der Waals surface area contributed by atoms with E-state index in [0.29, 0.717) is 55.2 Å². The molecule has 0 spiro atoms. The van der Waals surface area contributed by atoms with E-state index in [9.17, 15) is 24.6 Å². The lowest BCUT2D eigenvalue weighted by molar-refractivity contribution is -0.135. The standard InChI is InChI=1S/C27H28O7/c1-16-6-5-9-19(28)8-4-2-3-7-18-14-22-25(26(31)24(18)27(32)33-16)21(15-23(30)34-22)17-10-12-20(29)13-11-17/h3,7,10-14,16,21,29,31H,2,4-6,8-9,15H2,1H3/b7-3+. The van der Waals surface area contributed by atoms with Gasteiger partial charge < -0.3 is 19.7 Å². The van der Waals surface area contributed by atoms with Gasteiger partial charge in [-0.25, -0.2) is 4.79 Å². The summed E-state index contributed by atoms with van der Waals surface area (Å²) in [5.41, 5.74) is 1.45. The first-order valence-electron chi connectivity index (χ1n) is 11.6. The number of fused-ring (bicyclic) bond motifs is 2. The van der Waals surface area contributed by atoms with Crippen molar-refractivity contribution in [2.24, 2.45) is 0 Å². The molecular formula is C27H28O7. The molecule has 2 atom stereocenters. The maximum atomic E-state index is 13.2. The van der Waals surface area contributed by atoms with E-state index in [1.54, 1.807) is 31.2 Å². The molecule has 178 valence electrons. The third kappa shape index (κ3) is 5.14. The van der Waals surface area contributed by atoms with Gasteiger partial charge in [-0.2, -0.15) is 0 Å². The van der Waals surface area contributed by atoms with E-state index in [2.05, 4.69) is 0 Å². The maximum Gasteiger partial charge on any atom is 0.342 e. The van der Waals surface area contributed by atoms with E-state index in [4.69, 9.17) is 9.47 Å². The smallest absolute Gasteiger partial charge is 0.342 e. The minimum atomic E-state index is -0.669. The highest BCUT2D eigenvalue weighted by molar-refractivity contribution is 5.98. The average molecular weight is 465 g/mol. The number of cyclic esters (lactones) is 1. The van der Waals surface area contributed by atoms with Gasteiger partial charge in [-0.3, -0.25) is 9.59 Å². The Labute approximate surface area is 198 Å². The van der Waals surface area contributed by atoms with Gasteiger partial charge in [0, 0.05) is 24.3 Å². The summed E-state index contributed by atoms with van der Waals surface area (Å²) in [6, 6.07) is 7.95. The number of hydrogen-bond acceptors (Lipinski definition) is 7. The number of carbonyl (C=O) groups excluding carboxylic acids is 3. The minimum Gasteiger partial charge on any atom is -0.508 e. The molecule has 0 radical (unpaired) electrons. The molecule has 7 heteroatoms. The Balaban J connectivity index is 1.81. The van der Waals surface area contributed by atoms with Gasteiger partial charge in [-0.1, -0.05) is 24.3 Å². The Morgan fingerprint density at radius 3 is 2.50 bits per heavy atom. The number of phenolic OH excluding ortho intramolecular Hbond substituents is 2. The number of benzene rings is 2. The first kappa shape index (κ1) is 23.5. The molecule has 4 rings (SSSR count). The predicted octanol–water partition coefficient (Wildman–Crippen LogP) is 5.02. The number of esters is 2. The fourth-order valence-electron chi connectivity index (χ4n) is 4.51. The molecule has 0 amide bonds. The highest BCUT2D eigenvalue weighted by Gasteiger charge is 2.35. The van der Waals surface area contributed by atoms with Crippen LogP contribution in [-0.2, 0) is 14.3 Å². The molecule has 2 aliphatic rings. The molecule has 2 unspecified atom stereocenters. The van der Waals surface area contributed by atoms with Crippen molar-refractivity contribution in [3.63, 3.8) is 0 Å². The summed E-state index contributed by atoms with van der Waals surface area (Å²) in [7, 11) is 0. The number of aromatic hydroxyl groups is 2. The molecule has 0 fully saturated rings. The zero-order valence-electron chi connectivity index (χ0n) is 19.1. The zero-order chi connectivity index (χ0) is 24.2. The van der Waals surface area contributed by atoms with Crippen molar-refractivity contribution in [1.82, 2.24) is 0 Å². The van der Waals surface area contributed by atoms with Crippen LogP contribution >= 0.6 is 0 Å². The van der Waals surface area contributed by atoms with Crippen LogP contribution in [0.5, 0.6) is 17.2 Å². The lowest BCUT2D eigenvalue weighted by atomic mass is 9.83. The summed E-state index contributed by atoms with van der Waals surface area (Å²) in [4.78, 5) is 37.6. The van der Waals surface area contributed by atoms with E-state index >= 15 is 0 Å². The van der Waals surface area contributed by atoms with Gasteiger partial charge in [-0.05, 0) is 61.9 Å². The van der Waals surface area contributed by atoms with Crippen LogP contribution in [0.25, 0.3) is 6.08 Å². The predicted molar refractivity (Wildman–Crippen MR) is 125 cm³/mol. The van der Waals surface area contributed by atoms with Gasteiger partial charge in [0.05, 0.1) is 12.5 Å². The largest absolute Gasteiger partial charge is 0.508 e. The molecule has 0 aromatic heterocycles. The lowest BCUT2D eigenvalue weighted by Crippen LogP contribution is -2.23. The Morgan fingerprint density at radius 1 is 1.00 bits per heavy atom. The van der Waals surface area contributed by atoms with Gasteiger partial charge in [-0.15, -0.1) is 0 Å². The third-order valence-corrected chi connectivity index (χ3v) is 6.27. The van der Waals surface area contributed by atoms with E-state index < -0.39 is 24.0 Å². The van der Waals surface area contributed by atoms with Crippen molar-refractivity contribution in [2.75, 3.05) is 0 Å². The van der Waals surface area contributed by atoms with Crippen molar-refractivity contribution in [3.05, 3.63) is 58.7 Å². The van der Waals surface area contributed by atoms with Crippen LogP contribution in [0.3, 0.4) is 0 Å². The van der Waals surface area contributed by atoms with E-state index in [1.165, 1.54) is 12.1 Å². The number of carbonyl (C=O) groups is 3. The second-order valence-corrected chi connectivity index (χ2v) is 8.86. The van der Waals surface area contributed by atoms with Crippen LogP contribution in [-0.4, -0.2) is 34.0 Å². The summed E-state index contributed by atoms with van der Waals surface area (Å²) in [6.45, 7) is 1.76. The molecule has 0 saturated heterocycles. The van der Waals surface area contributed by atoms with Crippen LogP contribution < -0.4 is 4.74 Å². The topological polar surface area (TPSA) is 110 Å². The van der Waals surface area contributed by atoms with E-state index in [-0.39, 0.29) is 35.0 Å². The van der Waals surface area contributed by atoms with Gasteiger partial charge in [0.15, 0.2) is 0 Å². The minimum absolute atomic E-state index is 0.0144.